The van der Waals surface area contributed by atoms with E-state index in [-0.39, 0.29) is 29.9 Å². The molecule has 1 heterocycles. The van der Waals surface area contributed by atoms with Crippen molar-refractivity contribution in [3.63, 3.8) is 0 Å². The van der Waals surface area contributed by atoms with E-state index in [0.717, 1.165) is 11.1 Å². The van der Waals surface area contributed by atoms with E-state index in [2.05, 4.69) is 10.0 Å². The number of amides is 2. The Morgan fingerprint density at radius 2 is 1.56 bits per heavy atom. The topological polar surface area (TPSA) is 114 Å². The van der Waals surface area contributed by atoms with Crippen LogP contribution in [0.4, 0.5) is 5.69 Å². The van der Waals surface area contributed by atoms with Gasteiger partial charge in [0.2, 0.25) is 10.0 Å². The molecule has 2 atom stereocenters. The van der Waals surface area contributed by atoms with Gasteiger partial charge in [-0.25, -0.2) is 13.1 Å². The zero-order chi connectivity index (χ0) is 30.2. The van der Waals surface area contributed by atoms with E-state index in [9.17, 15) is 18.0 Å². The van der Waals surface area contributed by atoms with Crippen molar-refractivity contribution < 1.29 is 27.5 Å². The monoisotopic (exact) mass is 599 g/mol. The number of anilines is 1. The molecular formula is C33H33N3O6S. The first-order valence-corrected chi connectivity index (χ1v) is 15.5. The zero-order valence-corrected chi connectivity index (χ0v) is 24.5. The van der Waals surface area contributed by atoms with E-state index in [0.29, 0.717) is 30.2 Å². The lowest BCUT2D eigenvalue weighted by molar-refractivity contribution is -0.128. The third kappa shape index (κ3) is 7.59. The highest BCUT2D eigenvalue weighted by Crippen LogP contribution is 2.33. The van der Waals surface area contributed by atoms with Gasteiger partial charge in [0.1, 0.15) is 11.5 Å². The summed E-state index contributed by atoms with van der Waals surface area (Å²) >= 11 is 0. The van der Waals surface area contributed by atoms with Gasteiger partial charge < -0.3 is 19.7 Å². The van der Waals surface area contributed by atoms with E-state index in [1.807, 2.05) is 60.7 Å². The van der Waals surface area contributed by atoms with Crippen molar-refractivity contribution >= 4 is 27.5 Å². The van der Waals surface area contributed by atoms with Gasteiger partial charge in [0.25, 0.3) is 11.8 Å². The molecule has 0 saturated carbocycles. The molecule has 1 aliphatic heterocycles. The van der Waals surface area contributed by atoms with Crippen molar-refractivity contribution in [2.24, 2.45) is 0 Å². The number of para-hydroxylation sites is 2. The molecule has 2 amide bonds. The minimum Gasteiger partial charge on any atom is -0.484 e. The molecule has 5 rings (SSSR count). The van der Waals surface area contributed by atoms with Crippen LogP contribution in [-0.2, 0) is 26.0 Å². The molecule has 9 nitrogen and oxygen atoms in total. The number of sulfonamides is 1. The molecule has 0 bridgehead atoms. The van der Waals surface area contributed by atoms with Gasteiger partial charge in [-0.2, -0.15) is 0 Å². The molecule has 222 valence electrons. The minimum atomic E-state index is -3.78. The maximum atomic E-state index is 13.3. The van der Waals surface area contributed by atoms with E-state index in [4.69, 9.17) is 9.47 Å². The fourth-order valence-electron chi connectivity index (χ4n) is 4.74. The second-order valence-corrected chi connectivity index (χ2v) is 11.8. The van der Waals surface area contributed by atoms with Gasteiger partial charge >= 0.3 is 0 Å². The number of nitrogens with one attached hydrogen (secondary N) is 2. The third-order valence-corrected chi connectivity index (χ3v) is 8.61. The van der Waals surface area contributed by atoms with Crippen molar-refractivity contribution in [1.82, 2.24) is 10.0 Å². The van der Waals surface area contributed by atoms with Crippen LogP contribution in [0.1, 0.15) is 24.1 Å². The number of hydrogen-bond donors (Lipinski definition) is 2. The van der Waals surface area contributed by atoms with Gasteiger partial charge in [-0.15, -0.1) is 0 Å². The normalized spacial score (nSPS) is 15.1. The highest BCUT2D eigenvalue weighted by molar-refractivity contribution is 7.89. The van der Waals surface area contributed by atoms with Crippen LogP contribution in [0.15, 0.2) is 114 Å². The van der Waals surface area contributed by atoms with E-state index < -0.39 is 22.2 Å². The molecule has 0 spiro atoms. The molecule has 10 heteroatoms. The van der Waals surface area contributed by atoms with Crippen LogP contribution >= 0.6 is 0 Å². The van der Waals surface area contributed by atoms with Crippen molar-refractivity contribution in [1.29, 1.82) is 0 Å². The van der Waals surface area contributed by atoms with Crippen LogP contribution < -0.4 is 24.4 Å². The quantitative estimate of drug-likeness (QED) is 0.266. The van der Waals surface area contributed by atoms with Crippen LogP contribution in [0.25, 0.3) is 0 Å². The molecule has 0 saturated heterocycles. The number of rotatable bonds is 11. The summed E-state index contributed by atoms with van der Waals surface area (Å²) in [4.78, 5) is 27.8. The molecule has 43 heavy (non-hydrogen) atoms. The number of fused-ring (bicyclic) bond motifs is 1. The predicted octanol–water partition coefficient (Wildman–Crippen LogP) is 4.26. The second kappa shape index (κ2) is 13.5. The highest BCUT2D eigenvalue weighted by atomic mass is 32.2. The largest absolute Gasteiger partial charge is 0.484 e. The van der Waals surface area contributed by atoms with Crippen LogP contribution in [0.2, 0.25) is 0 Å². The smallest absolute Gasteiger partial charge is 0.265 e. The zero-order valence-electron chi connectivity index (χ0n) is 23.7. The van der Waals surface area contributed by atoms with Crippen LogP contribution in [0.5, 0.6) is 11.5 Å². The number of benzene rings is 4. The fraction of sp³-hybridized carbons (Fsp3) is 0.212. The summed E-state index contributed by atoms with van der Waals surface area (Å²) in [5.41, 5.74) is 2.50. The summed E-state index contributed by atoms with van der Waals surface area (Å²) in [6.07, 6.45) is -0.209. The summed E-state index contributed by atoms with van der Waals surface area (Å²) in [5.74, 6) is 0.0845. The van der Waals surface area contributed by atoms with Crippen LogP contribution in [0.3, 0.4) is 0 Å². The summed E-state index contributed by atoms with van der Waals surface area (Å²) in [6.45, 7) is 1.93. The maximum Gasteiger partial charge on any atom is 0.265 e. The van der Waals surface area contributed by atoms with Gasteiger partial charge in [-0.3, -0.25) is 9.59 Å². The molecule has 1 aliphatic rings. The SMILES string of the molecule is C[C@H](NS(=O)(=O)c1ccc(OCC(=O)N2C[C@@H](C(=O)NCCc3ccccc3)Oc3ccccc32)cc1)c1ccccc1. The molecule has 4 aromatic carbocycles. The Morgan fingerprint density at radius 1 is 0.907 bits per heavy atom. The molecule has 0 unspecified atom stereocenters. The molecule has 0 radical (unpaired) electrons. The standard InChI is InChI=1S/C33H33N3O6S/c1-24(26-12-6-3-7-13-26)35-43(39,40)28-18-16-27(17-19-28)41-23-32(37)36-22-31(42-30-15-9-8-14-29(30)36)33(38)34-21-20-25-10-4-2-5-11-25/h2-19,24,31,35H,20-23H2,1H3,(H,34,38)/t24-,31-/m0/s1. The number of hydrogen-bond acceptors (Lipinski definition) is 6. The molecule has 2 N–H and O–H groups in total. The average molecular weight is 600 g/mol. The Labute approximate surface area is 251 Å². The molecule has 0 aromatic heterocycles. The number of nitrogens with zero attached hydrogens (tertiary/aromatic N) is 1. The summed E-state index contributed by atoms with van der Waals surface area (Å²) in [6, 6.07) is 31.6. The first-order chi connectivity index (χ1) is 20.8. The predicted molar refractivity (Wildman–Crippen MR) is 163 cm³/mol. The van der Waals surface area contributed by atoms with Crippen molar-refractivity contribution in [3.05, 3.63) is 120 Å². The first-order valence-electron chi connectivity index (χ1n) is 14.0. The van der Waals surface area contributed by atoms with Crippen LogP contribution in [0, 0.1) is 0 Å². The van der Waals surface area contributed by atoms with Gasteiger partial charge in [0.15, 0.2) is 12.7 Å². The van der Waals surface area contributed by atoms with Crippen molar-refractivity contribution in [2.75, 3.05) is 24.6 Å². The molecule has 0 fully saturated rings. The Morgan fingerprint density at radius 3 is 2.28 bits per heavy atom. The Hall–Kier alpha value is -4.67. The number of carbonyl (C=O) groups is 2. The maximum absolute atomic E-state index is 13.3. The molecular weight excluding hydrogens is 566 g/mol. The Kier molecular flexibility index (Phi) is 9.38. The van der Waals surface area contributed by atoms with Gasteiger partial charge in [-0.05, 0) is 60.9 Å². The Bertz CT molecular complexity index is 1650. The van der Waals surface area contributed by atoms with Gasteiger partial charge in [0.05, 0.1) is 17.1 Å². The molecule has 0 aliphatic carbocycles. The Balaban J connectivity index is 1.18. The lowest BCUT2D eigenvalue weighted by Crippen LogP contribution is -2.52. The van der Waals surface area contributed by atoms with Crippen molar-refractivity contribution in [2.45, 2.75) is 30.4 Å². The van der Waals surface area contributed by atoms with Crippen LogP contribution in [-0.4, -0.2) is 46.0 Å². The van der Waals surface area contributed by atoms with E-state index in [1.165, 1.54) is 29.2 Å². The van der Waals surface area contributed by atoms with E-state index >= 15 is 0 Å². The average Bonchev–Trinajstić information content (AvgIpc) is 3.04. The summed E-state index contributed by atoms with van der Waals surface area (Å²) in [7, 11) is -3.78. The number of ether oxygens (including phenoxy) is 2. The summed E-state index contributed by atoms with van der Waals surface area (Å²) < 4.78 is 40.1. The lowest BCUT2D eigenvalue weighted by Gasteiger charge is -2.34. The van der Waals surface area contributed by atoms with Crippen molar-refractivity contribution in [3.8, 4) is 11.5 Å². The number of carbonyl (C=O) groups excluding carboxylic acids is 2. The van der Waals surface area contributed by atoms with E-state index in [1.54, 1.807) is 31.2 Å². The highest BCUT2D eigenvalue weighted by Gasteiger charge is 2.33. The fourth-order valence-corrected chi connectivity index (χ4v) is 5.98. The lowest BCUT2D eigenvalue weighted by atomic mass is 10.1. The molecule has 4 aromatic rings. The summed E-state index contributed by atoms with van der Waals surface area (Å²) in [5, 5.41) is 2.90. The minimum absolute atomic E-state index is 0.0266. The first kappa shape index (κ1) is 29.8. The van der Waals surface area contributed by atoms with Gasteiger partial charge in [0, 0.05) is 12.6 Å². The van der Waals surface area contributed by atoms with Gasteiger partial charge in [-0.1, -0.05) is 72.8 Å². The second-order valence-electron chi connectivity index (χ2n) is 10.1. The third-order valence-electron chi connectivity index (χ3n) is 7.05.